The quantitative estimate of drug-likeness (QED) is 0.0446. The van der Waals surface area contributed by atoms with Gasteiger partial charge >= 0.3 is 12.2 Å². The molecule has 2 atom stereocenters. The minimum Gasteiger partial charge on any atom is -0.429 e. The standard InChI is InChI=1S/C28H18F8O.C27H23F7O2.C27H32F4.C27H20F4/c1-2-3-15-4-6-16(7-5-15)17-8-9-20(21(29)10-17)18-11-22(30)26(23(31)12-18)28(35,36)37-19-13-24(32)27(34)25(33)14-19;1-2-3-15-4-9-24(35-14-15)17-7-5-16(6-8-17)18-10-20(28)25(21(29)11-18)27(33,34)36-19-12-22(30)26(32)23(31)13-19;2*1-2-3-17-4-6-18(7-5-17)19-8-10-20(11-9-19)21-12-13-23(24(28)14-21)22-15-25(29)27(31)26(30)16-22/h4-14H,2-3H2,1H3;5-8,10-13,15,24H,2-4,9,14H2,1H3;12-20H,2-11H2,1H3;4-16H,2-3H2,1H3. The van der Waals surface area contributed by atoms with Gasteiger partial charge in [-0.15, -0.1) is 0 Å². The average Bonchev–Trinajstić information content (AvgIpc) is 0.767. The molecular weight excluding hydrogens is 1790 g/mol. The van der Waals surface area contributed by atoms with Gasteiger partial charge in [-0.1, -0.05) is 206 Å². The van der Waals surface area contributed by atoms with Gasteiger partial charge in [-0.2, -0.15) is 17.6 Å². The number of halogens is 23. The van der Waals surface area contributed by atoms with Crippen molar-refractivity contribution in [1.29, 1.82) is 0 Å². The van der Waals surface area contributed by atoms with Gasteiger partial charge in [-0.05, 0) is 250 Å². The van der Waals surface area contributed by atoms with Crippen molar-refractivity contribution < 1.29 is 115 Å². The third-order valence-electron chi connectivity index (χ3n) is 25.0. The van der Waals surface area contributed by atoms with Crippen LogP contribution >= 0.6 is 0 Å². The van der Waals surface area contributed by atoms with Gasteiger partial charge in [0.05, 0.1) is 12.7 Å². The monoisotopic (exact) mass is 1890 g/mol. The van der Waals surface area contributed by atoms with Gasteiger partial charge in [0.25, 0.3) is 0 Å². The number of benzene rings is 13. The fourth-order valence-electron chi connectivity index (χ4n) is 17.9. The van der Waals surface area contributed by atoms with Crippen LogP contribution in [-0.4, -0.2) is 6.61 Å². The van der Waals surface area contributed by atoms with E-state index < -0.39 is 145 Å². The molecule has 135 heavy (non-hydrogen) atoms. The molecule has 26 heteroatoms. The molecule has 3 aliphatic rings. The Morgan fingerprint density at radius 1 is 0.259 bits per heavy atom. The Bertz CT molecular complexity index is 6140. The van der Waals surface area contributed by atoms with Gasteiger partial charge in [0.2, 0.25) is 0 Å². The van der Waals surface area contributed by atoms with Crippen molar-refractivity contribution in [2.75, 3.05) is 6.61 Å². The maximum Gasteiger partial charge on any atom is 0.432 e. The van der Waals surface area contributed by atoms with Gasteiger partial charge in [0.1, 0.15) is 63.3 Å². The lowest BCUT2D eigenvalue weighted by atomic mass is 9.68. The Hall–Kier alpha value is -12.2. The van der Waals surface area contributed by atoms with Crippen molar-refractivity contribution in [2.24, 2.45) is 23.7 Å². The zero-order valence-corrected chi connectivity index (χ0v) is 73.7. The number of aryl methyl sites for hydroxylation is 2. The number of alkyl halides is 4. The van der Waals surface area contributed by atoms with Gasteiger partial charge in [-0.3, -0.25) is 0 Å². The molecule has 2 unspecified atom stereocenters. The van der Waals surface area contributed by atoms with Gasteiger partial charge in [0.15, 0.2) is 69.8 Å². The van der Waals surface area contributed by atoms with E-state index >= 15 is 0 Å². The highest BCUT2D eigenvalue weighted by molar-refractivity contribution is 5.75. The van der Waals surface area contributed by atoms with E-state index in [2.05, 4.69) is 54.5 Å². The third kappa shape index (κ3) is 24.6. The number of rotatable bonds is 24. The summed E-state index contributed by atoms with van der Waals surface area (Å²) in [7, 11) is 0. The molecule has 3 fully saturated rings. The second kappa shape index (κ2) is 44.5. The Morgan fingerprint density at radius 2 is 0.541 bits per heavy atom. The first-order valence-electron chi connectivity index (χ1n) is 44.6. The van der Waals surface area contributed by atoms with Crippen LogP contribution in [0.5, 0.6) is 11.5 Å². The Balaban J connectivity index is 0.000000153. The lowest BCUT2D eigenvalue weighted by Gasteiger charge is -2.38. The second-order valence-corrected chi connectivity index (χ2v) is 34.2. The molecule has 0 radical (unpaired) electrons. The Kier molecular flexibility index (Phi) is 33.1. The van der Waals surface area contributed by atoms with E-state index in [9.17, 15) is 101 Å². The summed E-state index contributed by atoms with van der Waals surface area (Å²) in [6.07, 6.45) is 11.4. The molecule has 0 bridgehead atoms. The largest absolute Gasteiger partial charge is 0.432 e. The smallest absolute Gasteiger partial charge is 0.429 e. The van der Waals surface area contributed by atoms with Crippen molar-refractivity contribution in [1.82, 2.24) is 0 Å². The van der Waals surface area contributed by atoms with E-state index in [1.807, 2.05) is 61.5 Å². The van der Waals surface area contributed by atoms with Crippen molar-refractivity contribution in [3.05, 3.63) is 368 Å². The normalized spacial score (nSPS) is 16.7. The van der Waals surface area contributed by atoms with Gasteiger partial charge in [-0.25, -0.2) is 83.4 Å². The zero-order valence-electron chi connectivity index (χ0n) is 73.7. The highest BCUT2D eigenvalue weighted by atomic mass is 19.3. The summed E-state index contributed by atoms with van der Waals surface area (Å²) in [5, 5.41) is 0. The topological polar surface area (TPSA) is 27.7 Å². The van der Waals surface area contributed by atoms with Gasteiger partial charge in [0, 0.05) is 41.0 Å². The molecule has 0 amide bonds. The predicted octanol–water partition coefficient (Wildman–Crippen LogP) is 34.4. The van der Waals surface area contributed by atoms with Crippen LogP contribution in [0.3, 0.4) is 0 Å². The van der Waals surface area contributed by atoms with E-state index in [0.717, 1.165) is 146 Å². The molecule has 1 saturated heterocycles. The first-order chi connectivity index (χ1) is 64.5. The molecule has 3 nitrogen and oxygen atoms in total. The molecule has 0 N–H and O–H groups in total. The molecule has 13 aromatic carbocycles. The average molecular weight is 1890 g/mol. The van der Waals surface area contributed by atoms with Crippen LogP contribution in [0, 0.1) is 134 Å². The summed E-state index contributed by atoms with van der Waals surface area (Å²) < 4.78 is 335. The molecule has 0 spiro atoms. The summed E-state index contributed by atoms with van der Waals surface area (Å²) in [4.78, 5) is 0. The predicted molar refractivity (Wildman–Crippen MR) is 474 cm³/mol. The minimum atomic E-state index is -4.74. The van der Waals surface area contributed by atoms with Crippen LogP contribution in [0.2, 0.25) is 0 Å². The van der Waals surface area contributed by atoms with Crippen molar-refractivity contribution in [3.63, 3.8) is 0 Å². The first kappa shape index (κ1) is 100. The summed E-state index contributed by atoms with van der Waals surface area (Å²) >= 11 is 0. The van der Waals surface area contributed by atoms with Crippen LogP contribution < -0.4 is 9.47 Å². The van der Waals surface area contributed by atoms with Crippen LogP contribution in [-0.2, 0) is 29.8 Å². The number of hydrogen-bond acceptors (Lipinski definition) is 3. The molecule has 708 valence electrons. The van der Waals surface area contributed by atoms with Crippen LogP contribution in [0.15, 0.2) is 224 Å². The summed E-state index contributed by atoms with van der Waals surface area (Å²) in [5.41, 5.74) is 5.32. The van der Waals surface area contributed by atoms with E-state index in [1.54, 1.807) is 36.4 Å². The van der Waals surface area contributed by atoms with Crippen LogP contribution in [0.4, 0.5) is 101 Å². The van der Waals surface area contributed by atoms with Crippen LogP contribution in [0.25, 0.3) is 77.9 Å². The molecular formula is C109H93F23O3. The van der Waals surface area contributed by atoms with Gasteiger partial charge < -0.3 is 14.2 Å². The number of hydrogen-bond donors (Lipinski definition) is 0. The highest BCUT2D eigenvalue weighted by Crippen LogP contribution is 2.48. The molecule has 13 aromatic rings. The maximum atomic E-state index is 14.9. The van der Waals surface area contributed by atoms with Crippen molar-refractivity contribution in [3.8, 4) is 89.4 Å². The minimum absolute atomic E-state index is 0.00236. The summed E-state index contributed by atoms with van der Waals surface area (Å²) in [5.74, 6) is -27.2. The van der Waals surface area contributed by atoms with Crippen molar-refractivity contribution in [2.45, 2.75) is 168 Å². The fraction of sp³-hybridized carbons (Fsp3) is 0.284. The SMILES string of the molecule is CCCC1CCC(C2CCC(c3ccc(-c4cc(F)c(F)c(F)c4)c(F)c3)CC2)CC1.CCCC1CCC(c2ccc(-c3cc(F)c(C(F)(F)Oc4cc(F)c(F)c(F)c4)c(F)c3)cc2)OC1.CCCc1ccc(-c2ccc(-c3cc(F)c(C(F)(F)Oc4cc(F)c(F)c(F)c4)c(F)c3)c(F)c2)cc1.CCCc1ccc(-c2ccc(-c3ccc(-c4cc(F)c(F)c(F)c4)c(F)c3)cc2)cc1. The molecule has 0 aromatic heterocycles. The Labute approximate surface area is 767 Å². The Morgan fingerprint density at radius 3 is 0.889 bits per heavy atom. The first-order valence-corrected chi connectivity index (χ1v) is 44.6. The second-order valence-electron chi connectivity index (χ2n) is 34.2. The van der Waals surface area contributed by atoms with E-state index in [1.165, 1.54) is 87.3 Å². The number of ether oxygens (including phenoxy) is 3. The van der Waals surface area contributed by atoms with E-state index in [0.29, 0.717) is 65.0 Å². The molecule has 1 aliphatic heterocycles. The maximum absolute atomic E-state index is 14.9. The zero-order chi connectivity index (χ0) is 96.9. The third-order valence-corrected chi connectivity index (χ3v) is 25.0. The highest BCUT2D eigenvalue weighted by Gasteiger charge is 2.44. The lowest BCUT2D eigenvalue weighted by molar-refractivity contribution is -0.190. The van der Waals surface area contributed by atoms with Crippen molar-refractivity contribution >= 4 is 0 Å². The lowest BCUT2D eigenvalue weighted by Crippen LogP contribution is -2.25. The molecule has 16 rings (SSSR count). The van der Waals surface area contributed by atoms with Crippen LogP contribution in [0.1, 0.15) is 176 Å². The molecule has 2 saturated carbocycles. The molecule has 2 aliphatic carbocycles. The van der Waals surface area contributed by atoms with E-state index in [4.69, 9.17) is 4.74 Å². The molecule has 1 heterocycles. The summed E-state index contributed by atoms with van der Waals surface area (Å²) in [6, 6.07) is 49.8. The fourth-order valence-corrected chi connectivity index (χ4v) is 17.9. The summed E-state index contributed by atoms with van der Waals surface area (Å²) in [6.45, 7) is 9.27. The van der Waals surface area contributed by atoms with E-state index in [-0.39, 0.29) is 69.3 Å².